The fraction of sp³-hybridized carbons (Fsp3) is 0.263. The van der Waals surface area contributed by atoms with Crippen molar-refractivity contribution in [2.24, 2.45) is 5.92 Å². The Kier molecular flexibility index (Phi) is 4.15. The van der Waals surface area contributed by atoms with E-state index in [4.69, 9.17) is 4.74 Å². The smallest absolute Gasteiger partial charge is 0.417 e. The van der Waals surface area contributed by atoms with Gasteiger partial charge in [0.25, 0.3) is 5.91 Å². The van der Waals surface area contributed by atoms with Crippen LogP contribution in [0.1, 0.15) is 19.4 Å². The predicted octanol–water partition coefficient (Wildman–Crippen LogP) is 3.86. The summed E-state index contributed by atoms with van der Waals surface area (Å²) in [6.45, 7) is 4.21. The van der Waals surface area contributed by atoms with Gasteiger partial charge in [-0.15, -0.1) is 0 Å². The molecule has 1 aliphatic heterocycles. The molecule has 1 saturated heterocycles. The van der Waals surface area contributed by atoms with Crippen molar-refractivity contribution in [2.75, 3.05) is 6.61 Å². The van der Waals surface area contributed by atoms with Crippen LogP contribution in [0.4, 0.5) is 4.79 Å². The van der Waals surface area contributed by atoms with Gasteiger partial charge >= 0.3 is 6.09 Å². The SMILES string of the molecule is CC(C)[C@H]1COC(=O)N1C(=O)/C=C/c1ccc2ccccc2c1. The molecule has 1 fully saturated rings. The molecule has 3 rings (SSSR count). The molecule has 1 aliphatic rings. The molecule has 23 heavy (non-hydrogen) atoms. The molecule has 1 atom stereocenters. The zero-order valence-electron chi connectivity index (χ0n) is 13.2. The van der Waals surface area contributed by atoms with E-state index in [1.54, 1.807) is 6.08 Å². The van der Waals surface area contributed by atoms with Crippen LogP contribution in [0, 0.1) is 5.92 Å². The number of carbonyl (C=O) groups is 2. The number of nitrogens with zero attached hydrogens (tertiary/aromatic N) is 1. The second kappa shape index (κ2) is 6.24. The Balaban J connectivity index is 1.80. The summed E-state index contributed by atoms with van der Waals surface area (Å²) in [6, 6.07) is 13.8. The number of imide groups is 1. The summed E-state index contributed by atoms with van der Waals surface area (Å²) in [6.07, 6.45) is 2.61. The Morgan fingerprint density at radius 2 is 1.96 bits per heavy atom. The van der Waals surface area contributed by atoms with Gasteiger partial charge in [0.2, 0.25) is 0 Å². The fourth-order valence-corrected chi connectivity index (χ4v) is 2.74. The number of benzene rings is 2. The number of cyclic esters (lactones) is 1. The molecule has 4 nitrogen and oxygen atoms in total. The molecule has 0 bridgehead atoms. The number of amides is 2. The van der Waals surface area contributed by atoms with E-state index < -0.39 is 6.09 Å². The van der Waals surface area contributed by atoms with Crippen molar-refractivity contribution in [3.05, 3.63) is 54.1 Å². The molecule has 1 heterocycles. The Bertz CT molecular complexity index is 779. The van der Waals surface area contributed by atoms with E-state index in [-0.39, 0.29) is 24.5 Å². The molecule has 0 aromatic heterocycles. The van der Waals surface area contributed by atoms with Crippen molar-refractivity contribution in [3.8, 4) is 0 Å². The molecule has 2 amide bonds. The lowest BCUT2D eigenvalue weighted by Crippen LogP contribution is -2.40. The van der Waals surface area contributed by atoms with Crippen LogP contribution < -0.4 is 0 Å². The summed E-state index contributed by atoms with van der Waals surface area (Å²) in [7, 11) is 0. The number of carbonyl (C=O) groups excluding carboxylic acids is 2. The van der Waals surface area contributed by atoms with Crippen LogP contribution in [-0.2, 0) is 9.53 Å². The number of rotatable bonds is 3. The lowest BCUT2D eigenvalue weighted by Gasteiger charge is -2.20. The van der Waals surface area contributed by atoms with Gasteiger partial charge in [0.05, 0.1) is 6.04 Å². The monoisotopic (exact) mass is 309 g/mol. The first-order valence-corrected chi connectivity index (χ1v) is 7.73. The first-order chi connectivity index (χ1) is 11.1. The van der Waals surface area contributed by atoms with Crippen LogP contribution in [-0.4, -0.2) is 29.5 Å². The largest absolute Gasteiger partial charge is 0.447 e. The maximum Gasteiger partial charge on any atom is 0.417 e. The molecule has 0 radical (unpaired) electrons. The van der Waals surface area contributed by atoms with Gasteiger partial charge in [-0.05, 0) is 34.4 Å². The van der Waals surface area contributed by atoms with E-state index in [2.05, 4.69) is 0 Å². The number of hydrogen-bond acceptors (Lipinski definition) is 3. The average molecular weight is 309 g/mol. The van der Waals surface area contributed by atoms with E-state index >= 15 is 0 Å². The Hall–Kier alpha value is -2.62. The van der Waals surface area contributed by atoms with Gasteiger partial charge in [0.1, 0.15) is 6.61 Å². The summed E-state index contributed by atoms with van der Waals surface area (Å²) in [5.41, 5.74) is 0.922. The van der Waals surface area contributed by atoms with Crippen LogP contribution in [0.2, 0.25) is 0 Å². The van der Waals surface area contributed by atoms with Crippen LogP contribution in [0.5, 0.6) is 0 Å². The molecule has 118 valence electrons. The van der Waals surface area contributed by atoms with E-state index in [9.17, 15) is 9.59 Å². The molecule has 0 spiro atoms. The van der Waals surface area contributed by atoms with E-state index in [1.165, 1.54) is 11.0 Å². The predicted molar refractivity (Wildman–Crippen MR) is 89.8 cm³/mol. The van der Waals surface area contributed by atoms with Gasteiger partial charge in [0, 0.05) is 6.08 Å². The minimum atomic E-state index is -0.558. The summed E-state index contributed by atoms with van der Waals surface area (Å²) in [5.74, 6) is -0.168. The lowest BCUT2D eigenvalue weighted by atomic mass is 10.0. The topological polar surface area (TPSA) is 46.6 Å². The zero-order valence-corrected chi connectivity index (χ0v) is 13.2. The van der Waals surface area contributed by atoms with Crippen molar-refractivity contribution in [1.82, 2.24) is 4.90 Å². The van der Waals surface area contributed by atoms with Gasteiger partial charge in [-0.25, -0.2) is 9.69 Å². The molecule has 2 aromatic rings. The third kappa shape index (κ3) is 3.11. The zero-order chi connectivity index (χ0) is 16.4. The highest BCUT2D eigenvalue weighted by Crippen LogP contribution is 2.21. The van der Waals surface area contributed by atoms with Crippen molar-refractivity contribution < 1.29 is 14.3 Å². The second-order valence-corrected chi connectivity index (χ2v) is 6.04. The minimum absolute atomic E-state index is 0.166. The van der Waals surface area contributed by atoms with Gasteiger partial charge in [0.15, 0.2) is 0 Å². The van der Waals surface area contributed by atoms with E-state index in [0.29, 0.717) is 0 Å². The van der Waals surface area contributed by atoms with Gasteiger partial charge in [-0.3, -0.25) is 4.79 Å². The van der Waals surface area contributed by atoms with Crippen molar-refractivity contribution >= 4 is 28.8 Å². The number of ether oxygens (including phenoxy) is 1. The van der Waals surface area contributed by atoms with Gasteiger partial charge in [-0.1, -0.05) is 50.2 Å². The normalized spacial score (nSPS) is 18.1. The first-order valence-electron chi connectivity index (χ1n) is 7.73. The van der Waals surface area contributed by atoms with E-state index in [0.717, 1.165) is 16.3 Å². The molecule has 4 heteroatoms. The Morgan fingerprint density at radius 1 is 1.22 bits per heavy atom. The Morgan fingerprint density at radius 3 is 2.70 bits per heavy atom. The molecule has 0 saturated carbocycles. The third-order valence-electron chi connectivity index (χ3n) is 4.10. The van der Waals surface area contributed by atoms with Crippen LogP contribution in [0.3, 0.4) is 0 Å². The summed E-state index contributed by atoms with van der Waals surface area (Å²) < 4.78 is 5.00. The van der Waals surface area contributed by atoms with Crippen LogP contribution in [0.15, 0.2) is 48.5 Å². The minimum Gasteiger partial charge on any atom is -0.447 e. The lowest BCUT2D eigenvalue weighted by molar-refractivity contribution is -0.124. The summed E-state index contributed by atoms with van der Waals surface area (Å²) >= 11 is 0. The maximum atomic E-state index is 12.3. The van der Waals surface area contributed by atoms with Crippen molar-refractivity contribution in [1.29, 1.82) is 0 Å². The highest BCUT2D eigenvalue weighted by molar-refractivity contribution is 6.02. The third-order valence-corrected chi connectivity index (χ3v) is 4.10. The van der Waals surface area contributed by atoms with Crippen LogP contribution in [0.25, 0.3) is 16.8 Å². The second-order valence-electron chi connectivity index (χ2n) is 6.04. The Labute approximate surface area is 135 Å². The quantitative estimate of drug-likeness (QED) is 0.809. The molecule has 0 N–H and O–H groups in total. The van der Waals surface area contributed by atoms with Gasteiger partial charge < -0.3 is 4.74 Å². The summed E-state index contributed by atoms with van der Waals surface area (Å²) in [5, 5.41) is 2.27. The molecular formula is C19H19NO3. The highest BCUT2D eigenvalue weighted by Gasteiger charge is 2.38. The number of fused-ring (bicyclic) bond motifs is 1. The van der Waals surface area contributed by atoms with Crippen molar-refractivity contribution in [2.45, 2.75) is 19.9 Å². The molecule has 2 aromatic carbocycles. The molecule has 0 aliphatic carbocycles. The van der Waals surface area contributed by atoms with Crippen LogP contribution >= 0.6 is 0 Å². The van der Waals surface area contributed by atoms with Crippen molar-refractivity contribution in [3.63, 3.8) is 0 Å². The fourth-order valence-electron chi connectivity index (χ4n) is 2.74. The van der Waals surface area contributed by atoms with Gasteiger partial charge in [-0.2, -0.15) is 0 Å². The first kappa shape index (κ1) is 15.3. The molecule has 0 unspecified atom stereocenters. The average Bonchev–Trinajstić information content (AvgIpc) is 2.94. The summed E-state index contributed by atoms with van der Waals surface area (Å²) in [4.78, 5) is 25.3. The number of hydrogen-bond donors (Lipinski definition) is 0. The standard InChI is InChI=1S/C19H19NO3/c1-13(2)17-12-23-19(22)20(17)18(21)10-8-14-7-9-15-5-3-4-6-16(15)11-14/h3-11,13,17H,12H2,1-2H3/b10-8+/t17-/m1/s1. The highest BCUT2D eigenvalue weighted by atomic mass is 16.6. The maximum absolute atomic E-state index is 12.3. The molecular weight excluding hydrogens is 290 g/mol. The van der Waals surface area contributed by atoms with E-state index in [1.807, 2.05) is 56.3 Å².